The molecule has 0 spiro atoms. The maximum Gasteiger partial charge on any atom is 0.246 e. The highest BCUT2D eigenvalue weighted by atomic mass is 16.3. The molecule has 2 rings (SSSR count). The Kier molecular flexibility index (Phi) is 7.35. The molecular formula is C24H41NO2. The third-order valence-electron chi connectivity index (χ3n) is 7.59. The molecule has 0 bridgehead atoms. The SMILES string of the molecule is C=C1CCC2C(C(C)CC(O)C2(C)C)C1CCC(C)=CC(=O)N(CC)CC. The number of rotatable bonds is 6. The second-order valence-corrected chi connectivity index (χ2v) is 9.58. The van der Waals surface area contributed by atoms with Gasteiger partial charge in [0, 0.05) is 19.2 Å². The maximum absolute atomic E-state index is 12.3. The Morgan fingerprint density at radius 1 is 1.33 bits per heavy atom. The standard InChI is InChI=1S/C24H41NO2/c1-8-25(9-2)22(27)14-16(3)10-12-19-17(4)11-13-20-23(19)18(5)15-21(26)24(20,6)7/h14,18-21,23,26H,4,8-13,15H2,1-3,5-7H3. The highest BCUT2D eigenvalue weighted by Gasteiger charge is 2.51. The fourth-order valence-electron chi connectivity index (χ4n) is 5.68. The normalized spacial score (nSPS) is 33.5. The van der Waals surface area contributed by atoms with Crippen LogP contribution < -0.4 is 0 Å². The van der Waals surface area contributed by atoms with Crippen LogP contribution in [0.2, 0.25) is 0 Å². The van der Waals surface area contributed by atoms with Crippen molar-refractivity contribution in [3.63, 3.8) is 0 Å². The molecule has 0 aliphatic heterocycles. The molecule has 1 N–H and O–H groups in total. The lowest BCUT2D eigenvalue weighted by atomic mass is 9.50. The Bertz CT molecular complexity index is 573. The number of likely N-dealkylation sites (N-methyl/N-ethyl adjacent to an activating group) is 1. The molecule has 2 fully saturated rings. The van der Waals surface area contributed by atoms with E-state index in [1.54, 1.807) is 0 Å². The first-order valence-electron chi connectivity index (χ1n) is 10.9. The van der Waals surface area contributed by atoms with Crippen LogP contribution in [-0.2, 0) is 4.79 Å². The largest absolute Gasteiger partial charge is 0.393 e. The molecule has 5 unspecified atom stereocenters. The van der Waals surface area contributed by atoms with Crippen molar-refractivity contribution in [1.82, 2.24) is 4.90 Å². The van der Waals surface area contributed by atoms with Crippen LogP contribution in [-0.4, -0.2) is 35.1 Å². The molecule has 2 aliphatic carbocycles. The Labute approximate surface area is 166 Å². The van der Waals surface area contributed by atoms with Crippen molar-refractivity contribution in [3.05, 3.63) is 23.8 Å². The molecule has 0 heterocycles. The lowest BCUT2D eigenvalue weighted by molar-refractivity contribution is -0.125. The van der Waals surface area contributed by atoms with Gasteiger partial charge in [-0.05, 0) is 82.0 Å². The van der Waals surface area contributed by atoms with Crippen LogP contribution in [0.1, 0.15) is 73.6 Å². The molecule has 1 amide bonds. The lowest BCUT2D eigenvalue weighted by Gasteiger charge is -2.55. The summed E-state index contributed by atoms with van der Waals surface area (Å²) in [5, 5.41) is 10.6. The molecule has 0 radical (unpaired) electrons. The van der Waals surface area contributed by atoms with Gasteiger partial charge in [-0.15, -0.1) is 0 Å². The monoisotopic (exact) mass is 375 g/mol. The van der Waals surface area contributed by atoms with E-state index in [0.717, 1.165) is 45.2 Å². The predicted molar refractivity (Wildman–Crippen MR) is 113 cm³/mol. The molecule has 5 atom stereocenters. The summed E-state index contributed by atoms with van der Waals surface area (Å²) < 4.78 is 0. The number of hydrogen-bond donors (Lipinski definition) is 1. The minimum absolute atomic E-state index is 0.0142. The van der Waals surface area contributed by atoms with Crippen LogP contribution >= 0.6 is 0 Å². The Hall–Kier alpha value is -1.09. The van der Waals surface area contributed by atoms with Crippen LogP contribution in [0.4, 0.5) is 0 Å². The van der Waals surface area contributed by atoms with Crippen molar-refractivity contribution in [2.45, 2.75) is 79.8 Å². The van der Waals surface area contributed by atoms with Gasteiger partial charge in [-0.1, -0.05) is 38.5 Å². The summed E-state index contributed by atoms with van der Waals surface area (Å²) in [6.45, 7) is 18.9. The molecule has 3 heteroatoms. The summed E-state index contributed by atoms with van der Waals surface area (Å²) in [5.41, 5.74) is 2.54. The highest BCUT2D eigenvalue weighted by molar-refractivity contribution is 5.88. The predicted octanol–water partition coefficient (Wildman–Crippen LogP) is 5.21. The summed E-state index contributed by atoms with van der Waals surface area (Å²) in [7, 11) is 0. The zero-order valence-electron chi connectivity index (χ0n) is 18.4. The van der Waals surface area contributed by atoms with Crippen LogP contribution in [0.25, 0.3) is 0 Å². The van der Waals surface area contributed by atoms with E-state index in [1.165, 1.54) is 11.1 Å². The number of aliphatic hydroxyl groups excluding tert-OH is 1. The van der Waals surface area contributed by atoms with Crippen molar-refractivity contribution in [2.75, 3.05) is 13.1 Å². The van der Waals surface area contributed by atoms with Crippen LogP contribution in [0.3, 0.4) is 0 Å². The van der Waals surface area contributed by atoms with E-state index < -0.39 is 0 Å². The fraction of sp³-hybridized carbons (Fsp3) is 0.792. The van der Waals surface area contributed by atoms with Crippen LogP contribution in [0.5, 0.6) is 0 Å². The van der Waals surface area contributed by atoms with Gasteiger partial charge in [-0.3, -0.25) is 4.79 Å². The summed E-state index contributed by atoms with van der Waals surface area (Å²) in [6, 6.07) is 0. The molecular weight excluding hydrogens is 334 g/mol. The topological polar surface area (TPSA) is 40.5 Å². The Morgan fingerprint density at radius 2 is 1.96 bits per heavy atom. The molecule has 3 nitrogen and oxygen atoms in total. The average Bonchev–Trinajstić information content (AvgIpc) is 2.59. The molecule has 0 aromatic heterocycles. The quantitative estimate of drug-likeness (QED) is 0.511. The minimum Gasteiger partial charge on any atom is -0.393 e. The van der Waals surface area contributed by atoms with Gasteiger partial charge in [0.05, 0.1) is 6.10 Å². The van der Waals surface area contributed by atoms with Gasteiger partial charge in [0.15, 0.2) is 0 Å². The van der Waals surface area contributed by atoms with Gasteiger partial charge in [-0.2, -0.15) is 0 Å². The van der Waals surface area contributed by atoms with Crippen molar-refractivity contribution in [3.8, 4) is 0 Å². The fourth-order valence-corrected chi connectivity index (χ4v) is 5.68. The Balaban J connectivity index is 2.10. The molecule has 2 aliphatic rings. The maximum atomic E-state index is 12.3. The van der Waals surface area contributed by atoms with E-state index in [1.807, 2.05) is 24.8 Å². The van der Waals surface area contributed by atoms with Crippen molar-refractivity contribution in [1.29, 1.82) is 0 Å². The number of hydrogen-bond acceptors (Lipinski definition) is 2. The third-order valence-corrected chi connectivity index (χ3v) is 7.59. The molecule has 0 saturated heterocycles. The minimum atomic E-state index is -0.200. The number of allylic oxidation sites excluding steroid dienone is 2. The van der Waals surface area contributed by atoms with E-state index in [2.05, 4.69) is 34.3 Å². The smallest absolute Gasteiger partial charge is 0.246 e. The van der Waals surface area contributed by atoms with Crippen molar-refractivity contribution in [2.24, 2.45) is 29.1 Å². The van der Waals surface area contributed by atoms with Gasteiger partial charge in [0.1, 0.15) is 0 Å². The molecule has 0 aromatic rings. The van der Waals surface area contributed by atoms with E-state index >= 15 is 0 Å². The number of fused-ring (bicyclic) bond motifs is 1. The number of nitrogens with zero attached hydrogens (tertiary/aromatic N) is 1. The van der Waals surface area contributed by atoms with E-state index in [4.69, 9.17) is 0 Å². The molecule has 154 valence electrons. The van der Waals surface area contributed by atoms with Crippen molar-refractivity contribution >= 4 is 5.91 Å². The van der Waals surface area contributed by atoms with Gasteiger partial charge < -0.3 is 10.0 Å². The first kappa shape index (κ1) is 22.2. The summed E-state index contributed by atoms with van der Waals surface area (Å²) in [4.78, 5) is 14.2. The van der Waals surface area contributed by atoms with Crippen molar-refractivity contribution < 1.29 is 9.90 Å². The number of amides is 1. The number of carbonyl (C=O) groups excluding carboxylic acids is 1. The summed E-state index contributed by atoms with van der Waals surface area (Å²) in [5.74, 6) is 2.34. The summed E-state index contributed by atoms with van der Waals surface area (Å²) in [6.07, 6.45) is 6.79. The number of carbonyl (C=O) groups is 1. The third kappa shape index (κ3) is 4.67. The van der Waals surface area contributed by atoms with Crippen LogP contribution in [0, 0.1) is 29.1 Å². The van der Waals surface area contributed by atoms with Crippen LogP contribution in [0.15, 0.2) is 23.8 Å². The van der Waals surface area contributed by atoms with E-state index in [0.29, 0.717) is 23.7 Å². The summed E-state index contributed by atoms with van der Waals surface area (Å²) >= 11 is 0. The van der Waals surface area contributed by atoms with Gasteiger partial charge in [-0.25, -0.2) is 0 Å². The molecule has 2 saturated carbocycles. The second kappa shape index (κ2) is 8.94. The molecule has 27 heavy (non-hydrogen) atoms. The highest BCUT2D eigenvalue weighted by Crippen LogP contribution is 2.56. The molecule has 0 aromatic carbocycles. The lowest BCUT2D eigenvalue weighted by Crippen LogP contribution is -2.52. The zero-order chi connectivity index (χ0) is 20.4. The Morgan fingerprint density at radius 3 is 2.56 bits per heavy atom. The zero-order valence-corrected chi connectivity index (χ0v) is 18.4. The van der Waals surface area contributed by atoms with E-state index in [9.17, 15) is 9.90 Å². The first-order valence-corrected chi connectivity index (χ1v) is 10.9. The second-order valence-electron chi connectivity index (χ2n) is 9.58. The van der Waals surface area contributed by atoms with Gasteiger partial charge in [0.2, 0.25) is 5.91 Å². The number of aliphatic hydroxyl groups is 1. The first-order chi connectivity index (χ1) is 12.6. The van der Waals surface area contributed by atoms with E-state index in [-0.39, 0.29) is 17.4 Å². The van der Waals surface area contributed by atoms with Gasteiger partial charge >= 0.3 is 0 Å². The van der Waals surface area contributed by atoms with Gasteiger partial charge in [0.25, 0.3) is 0 Å². The average molecular weight is 376 g/mol.